The minimum Gasteiger partial charge on any atom is -0.508 e. The molecule has 3 aromatic rings. The summed E-state index contributed by atoms with van der Waals surface area (Å²) in [6.07, 6.45) is -5.05. The van der Waals surface area contributed by atoms with Crippen molar-refractivity contribution in [2.24, 2.45) is 0 Å². The van der Waals surface area contributed by atoms with Crippen LogP contribution in [0.1, 0.15) is 20.7 Å². The van der Waals surface area contributed by atoms with Gasteiger partial charge in [-0.05, 0) is 0 Å². The van der Waals surface area contributed by atoms with Crippen LogP contribution in [0.25, 0.3) is 0 Å². The van der Waals surface area contributed by atoms with Crippen molar-refractivity contribution >= 4 is 11.9 Å². The summed E-state index contributed by atoms with van der Waals surface area (Å²) in [7, 11) is 0. The summed E-state index contributed by atoms with van der Waals surface area (Å²) in [5.74, 6) is -8.65. The summed E-state index contributed by atoms with van der Waals surface area (Å²) in [6.45, 7) is -1.17. The molecule has 0 atom stereocenters. The molecule has 0 saturated heterocycles. The molecule has 0 bridgehead atoms. The van der Waals surface area contributed by atoms with E-state index in [-0.39, 0.29) is 0 Å². The fourth-order valence-electron chi connectivity index (χ4n) is 2.96. The van der Waals surface area contributed by atoms with Crippen molar-refractivity contribution in [3.63, 3.8) is 0 Å². The van der Waals surface area contributed by atoms with Gasteiger partial charge in [0, 0.05) is 42.5 Å². The second kappa shape index (κ2) is 11.3. The van der Waals surface area contributed by atoms with Crippen LogP contribution < -0.4 is 14.5 Å². The van der Waals surface area contributed by atoms with E-state index in [1.54, 1.807) is 0 Å². The zero-order chi connectivity index (χ0) is 28.9. The Morgan fingerprint density at radius 2 is 0.974 bits per heavy atom. The Morgan fingerprint density at radius 3 is 1.44 bits per heavy atom. The summed E-state index contributed by atoms with van der Waals surface area (Å²) in [5, 5.41) is 58.2. The van der Waals surface area contributed by atoms with Crippen molar-refractivity contribution in [3.8, 4) is 51.7 Å². The van der Waals surface area contributed by atoms with Gasteiger partial charge in [-0.15, -0.1) is 13.2 Å². The first kappa shape index (κ1) is 28.2. The average Bonchev–Trinajstić information content (AvgIpc) is 2.78. The second-order valence-corrected chi connectivity index (χ2v) is 7.34. The largest absolute Gasteiger partial charge is 0.573 e. The van der Waals surface area contributed by atoms with Gasteiger partial charge >= 0.3 is 18.3 Å². The van der Waals surface area contributed by atoms with Gasteiger partial charge < -0.3 is 44.8 Å². The van der Waals surface area contributed by atoms with Crippen LogP contribution in [0, 0.1) is 0 Å². The van der Waals surface area contributed by atoms with Crippen molar-refractivity contribution in [1.29, 1.82) is 0 Å². The second-order valence-electron chi connectivity index (χ2n) is 7.34. The Hall–Kier alpha value is -5.41. The maximum atomic E-state index is 12.4. The van der Waals surface area contributed by atoms with Crippen molar-refractivity contribution in [1.82, 2.24) is 0 Å². The van der Waals surface area contributed by atoms with Gasteiger partial charge in [0.1, 0.15) is 64.6 Å². The van der Waals surface area contributed by atoms with Gasteiger partial charge in [0.2, 0.25) is 0 Å². The number of alkyl halides is 3. The molecular weight excluding hydrogens is 541 g/mol. The van der Waals surface area contributed by atoms with Crippen LogP contribution in [0.2, 0.25) is 0 Å². The third-order valence-corrected chi connectivity index (χ3v) is 4.44. The number of hydrogen-bond acceptors (Lipinski definition) is 13. The van der Waals surface area contributed by atoms with Gasteiger partial charge in [-0.1, -0.05) is 0 Å². The molecule has 0 aliphatic carbocycles. The quantitative estimate of drug-likeness (QED) is 0.0968. The molecule has 0 aromatic heterocycles. The van der Waals surface area contributed by atoms with E-state index < -0.39 is 94.4 Å². The highest BCUT2D eigenvalue weighted by Gasteiger charge is 2.31. The number of rotatable bonds is 9. The van der Waals surface area contributed by atoms with E-state index in [2.05, 4.69) is 4.74 Å². The van der Waals surface area contributed by atoms with E-state index >= 15 is 0 Å². The molecule has 16 heteroatoms. The lowest BCUT2D eigenvalue weighted by atomic mass is 10.1. The first-order chi connectivity index (χ1) is 18.2. The van der Waals surface area contributed by atoms with Crippen LogP contribution in [0.15, 0.2) is 42.5 Å². The smallest absolute Gasteiger partial charge is 0.508 e. The number of ether oxygens (including phenoxy) is 3. The molecule has 13 nitrogen and oxygen atoms in total. The molecule has 0 aliphatic heterocycles. The topological polar surface area (TPSA) is 202 Å². The Morgan fingerprint density at radius 1 is 0.590 bits per heavy atom. The van der Waals surface area contributed by atoms with Crippen molar-refractivity contribution in [3.05, 3.63) is 53.6 Å². The number of phenolic OH excluding ortho intramolecular Hbond substituents is 6. The molecule has 0 aliphatic rings. The van der Waals surface area contributed by atoms with Crippen LogP contribution in [-0.2, 0) is 9.47 Å². The van der Waals surface area contributed by atoms with Gasteiger partial charge in [0.25, 0.3) is 0 Å². The number of halogens is 3. The summed E-state index contributed by atoms with van der Waals surface area (Å²) in [5.41, 5.74) is -1.39. The minimum absolute atomic E-state index is 0.425. The molecule has 0 fully saturated rings. The first-order valence-electron chi connectivity index (χ1n) is 10.3. The van der Waals surface area contributed by atoms with Crippen molar-refractivity contribution < 1.29 is 77.4 Å². The average molecular weight is 558 g/mol. The number of phenols is 6. The molecule has 0 radical (unpaired) electrons. The molecule has 0 amide bonds. The van der Waals surface area contributed by atoms with Crippen molar-refractivity contribution in [2.75, 3.05) is 13.2 Å². The molecule has 208 valence electrons. The monoisotopic (exact) mass is 558 g/mol. The van der Waals surface area contributed by atoms with E-state index in [1.165, 1.54) is 0 Å². The number of carbonyl (C=O) groups is 2. The predicted octanol–water partition coefficient (Wildman–Crippen LogP) is 3.21. The number of hydrogen-bond donors (Lipinski definition) is 6. The lowest BCUT2D eigenvalue weighted by Gasteiger charge is -2.12. The first-order valence-corrected chi connectivity index (χ1v) is 10.3. The highest BCUT2D eigenvalue weighted by molar-refractivity contribution is 5.96. The fraction of sp³-hybridized carbons (Fsp3) is 0.130. The maximum absolute atomic E-state index is 12.4. The molecule has 6 N–H and O–H groups in total. The van der Waals surface area contributed by atoms with Crippen LogP contribution in [0.5, 0.6) is 51.7 Å². The van der Waals surface area contributed by atoms with Gasteiger partial charge in [0.05, 0.1) is 0 Å². The summed E-state index contributed by atoms with van der Waals surface area (Å²) in [6, 6.07) is 5.36. The zero-order valence-electron chi connectivity index (χ0n) is 19.1. The zero-order valence-corrected chi connectivity index (χ0v) is 19.1. The minimum atomic E-state index is -5.05. The fourth-order valence-corrected chi connectivity index (χ4v) is 2.96. The summed E-state index contributed by atoms with van der Waals surface area (Å²) >= 11 is 0. The van der Waals surface area contributed by atoms with Gasteiger partial charge in [-0.25, -0.2) is 9.59 Å². The number of carbonyl (C=O) groups excluding carboxylic acids is 2. The van der Waals surface area contributed by atoms with Gasteiger partial charge in [-0.3, -0.25) is 9.78 Å². The third-order valence-electron chi connectivity index (χ3n) is 4.44. The molecule has 0 saturated carbocycles. The summed E-state index contributed by atoms with van der Waals surface area (Å²) < 4.78 is 50.3. The Labute approximate surface area is 214 Å². The molecule has 0 unspecified atom stereocenters. The number of aromatic hydroxyl groups is 6. The Bertz CT molecular complexity index is 1340. The predicted molar refractivity (Wildman–Crippen MR) is 118 cm³/mol. The Kier molecular flexibility index (Phi) is 8.18. The highest BCUT2D eigenvalue weighted by Crippen LogP contribution is 2.35. The summed E-state index contributed by atoms with van der Waals surface area (Å²) in [4.78, 5) is 33.8. The molecule has 0 spiro atoms. The molecular formula is C23H17F3O13. The highest BCUT2D eigenvalue weighted by atomic mass is 19.4. The number of esters is 2. The standard InChI is InChI=1S/C23H17F3O13/c24-23(25,26)37-12-3-10(27)4-13(7-12)38-39-14-8-17(31)20(18(32)9-14)22(34)36-2-1-35-21(33)19-15(29)5-11(28)6-16(19)30/h3-9,27-32H,1-2H2. The van der Waals surface area contributed by atoms with E-state index in [0.29, 0.717) is 6.07 Å². The van der Waals surface area contributed by atoms with E-state index in [1.807, 2.05) is 0 Å². The molecule has 3 rings (SSSR count). The molecule has 39 heavy (non-hydrogen) atoms. The van der Waals surface area contributed by atoms with Crippen LogP contribution >= 0.6 is 0 Å². The van der Waals surface area contributed by atoms with E-state index in [9.17, 15) is 53.4 Å². The third kappa shape index (κ3) is 7.54. The SMILES string of the molecule is O=C(OCCOC(=O)c1c(O)cc(OOc2cc(O)cc(OC(F)(F)F)c2)cc1O)c1c(O)cc(O)cc1O. The molecule has 0 heterocycles. The van der Waals surface area contributed by atoms with Crippen LogP contribution in [0.3, 0.4) is 0 Å². The van der Waals surface area contributed by atoms with Gasteiger partial charge in [0.15, 0.2) is 11.5 Å². The number of benzene rings is 3. The van der Waals surface area contributed by atoms with E-state index in [0.717, 1.165) is 36.4 Å². The van der Waals surface area contributed by atoms with E-state index in [4.69, 9.17) is 19.2 Å². The van der Waals surface area contributed by atoms with Crippen LogP contribution in [-0.4, -0.2) is 62.2 Å². The normalized spacial score (nSPS) is 10.9. The van der Waals surface area contributed by atoms with Crippen LogP contribution in [0.4, 0.5) is 13.2 Å². The Balaban J connectivity index is 1.57. The maximum Gasteiger partial charge on any atom is 0.573 e. The van der Waals surface area contributed by atoms with Gasteiger partial charge in [-0.2, -0.15) is 0 Å². The molecule has 3 aromatic carbocycles. The lowest BCUT2D eigenvalue weighted by molar-refractivity contribution is -0.274. The lowest BCUT2D eigenvalue weighted by Crippen LogP contribution is -2.17. The van der Waals surface area contributed by atoms with Crippen molar-refractivity contribution in [2.45, 2.75) is 6.36 Å².